The number of carboxylic acids is 1. The molecule has 0 saturated heterocycles. The standard InChI is InChI=1S/C14H21N3O3/c1-2-3-9-16-14(20)17(10-8-13(18)19)12-7-5-4-6-11(12)15/h4-7H,2-3,8-10,15H2,1H3,(H,16,20)(H,18,19). The van der Waals surface area contributed by atoms with Gasteiger partial charge in [0.25, 0.3) is 0 Å². The number of nitrogen functional groups attached to an aromatic ring is 1. The molecule has 20 heavy (non-hydrogen) atoms. The van der Waals surface area contributed by atoms with Crippen LogP contribution in [0.25, 0.3) is 0 Å². The average molecular weight is 279 g/mol. The Kier molecular flexibility index (Phi) is 6.36. The van der Waals surface area contributed by atoms with Crippen molar-refractivity contribution in [3.8, 4) is 0 Å². The molecule has 0 unspecified atom stereocenters. The molecule has 0 aliphatic heterocycles. The van der Waals surface area contributed by atoms with Gasteiger partial charge in [0, 0.05) is 13.1 Å². The Morgan fingerprint density at radius 2 is 2.05 bits per heavy atom. The number of carbonyl (C=O) groups is 2. The summed E-state index contributed by atoms with van der Waals surface area (Å²) in [5, 5.41) is 11.6. The number of amides is 2. The highest BCUT2D eigenvalue weighted by molar-refractivity contribution is 5.95. The molecule has 6 heteroatoms. The first-order chi connectivity index (χ1) is 9.56. The van der Waals surface area contributed by atoms with E-state index in [2.05, 4.69) is 5.32 Å². The number of urea groups is 1. The van der Waals surface area contributed by atoms with Gasteiger partial charge in [0.05, 0.1) is 17.8 Å². The molecular weight excluding hydrogens is 258 g/mol. The number of nitrogens with two attached hydrogens (primary N) is 1. The lowest BCUT2D eigenvalue weighted by Gasteiger charge is -2.24. The Balaban J connectivity index is 2.82. The van der Waals surface area contributed by atoms with E-state index in [0.29, 0.717) is 17.9 Å². The van der Waals surface area contributed by atoms with E-state index in [0.717, 1.165) is 12.8 Å². The summed E-state index contributed by atoms with van der Waals surface area (Å²) in [6.45, 7) is 2.68. The van der Waals surface area contributed by atoms with Crippen LogP contribution in [0.1, 0.15) is 26.2 Å². The first kappa shape index (κ1) is 15.8. The number of nitrogens with one attached hydrogen (secondary N) is 1. The van der Waals surface area contributed by atoms with Crippen molar-refractivity contribution < 1.29 is 14.7 Å². The maximum absolute atomic E-state index is 12.1. The van der Waals surface area contributed by atoms with Crippen LogP contribution in [0.4, 0.5) is 16.2 Å². The summed E-state index contributed by atoms with van der Waals surface area (Å²) >= 11 is 0. The topological polar surface area (TPSA) is 95.7 Å². The number of benzene rings is 1. The van der Waals surface area contributed by atoms with Crippen molar-refractivity contribution in [2.24, 2.45) is 0 Å². The normalized spacial score (nSPS) is 10.1. The Labute approximate surface area is 118 Å². The van der Waals surface area contributed by atoms with Gasteiger partial charge in [0.15, 0.2) is 0 Å². The summed E-state index contributed by atoms with van der Waals surface area (Å²) in [5.74, 6) is -0.953. The van der Waals surface area contributed by atoms with Crippen LogP contribution in [0.2, 0.25) is 0 Å². The van der Waals surface area contributed by atoms with Gasteiger partial charge < -0.3 is 16.2 Å². The quantitative estimate of drug-likeness (QED) is 0.526. The van der Waals surface area contributed by atoms with Crippen molar-refractivity contribution in [3.05, 3.63) is 24.3 Å². The summed E-state index contributed by atoms with van der Waals surface area (Å²) in [4.78, 5) is 24.2. The van der Waals surface area contributed by atoms with E-state index in [1.165, 1.54) is 4.90 Å². The van der Waals surface area contributed by atoms with Crippen LogP contribution in [0.3, 0.4) is 0 Å². The molecular formula is C14H21N3O3. The second-order valence-electron chi connectivity index (χ2n) is 4.44. The lowest BCUT2D eigenvalue weighted by Crippen LogP contribution is -2.42. The largest absolute Gasteiger partial charge is 0.481 e. The van der Waals surface area contributed by atoms with Crippen LogP contribution in [-0.4, -0.2) is 30.2 Å². The van der Waals surface area contributed by atoms with Crippen LogP contribution in [0, 0.1) is 0 Å². The molecule has 0 aliphatic rings. The second-order valence-corrected chi connectivity index (χ2v) is 4.44. The molecule has 0 fully saturated rings. The van der Waals surface area contributed by atoms with Crippen molar-refractivity contribution >= 4 is 23.4 Å². The van der Waals surface area contributed by atoms with Gasteiger partial charge in [-0.1, -0.05) is 25.5 Å². The van der Waals surface area contributed by atoms with E-state index in [1.807, 2.05) is 6.92 Å². The van der Waals surface area contributed by atoms with E-state index in [9.17, 15) is 9.59 Å². The Morgan fingerprint density at radius 1 is 1.35 bits per heavy atom. The van der Waals surface area contributed by atoms with Crippen molar-refractivity contribution in [2.75, 3.05) is 23.7 Å². The molecule has 2 amide bonds. The van der Waals surface area contributed by atoms with Gasteiger partial charge >= 0.3 is 12.0 Å². The van der Waals surface area contributed by atoms with Gasteiger partial charge in [-0.15, -0.1) is 0 Å². The predicted molar refractivity (Wildman–Crippen MR) is 78.8 cm³/mol. The number of hydrogen-bond acceptors (Lipinski definition) is 3. The highest BCUT2D eigenvalue weighted by Crippen LogP contribution is 2.22. The highest BCUT2D eigenvalue weighted by Gasteiger charge is 2.18. The lowest BCUT2D eigenvalue weighted by molar-refractivity contribution is -0.136. The summed E-state index contributed by atoms with van der Waals surface area (Å²) in [5.41, 5.74) is 6.83. The minimum atomic E-state index is -0.953. The molecule has 1 aromatic carbocycles. The number of unbranched alkanes of at least 4 members (excludes halogenated alkanes) is 1. The highest BCUT2D eigenvalue weighted by atomic mass is 16.4. The molecule has 0 bridgehead atoms. The zero-order valence-electron chi connectivity index (χ0n) is 11.6. The number of rotatable bonds is 7. The zero-order valence-corrected chi connectivity index (χ0v) is 11.6. The predicted octanol–water partition coefficient (Wildman–Crippen LogP) is 2.06. The molecule has 6 nitrogen and oxygen atoms in total. The third kappa shape index (κ3) is 4.79. The smallest absolute Gasteiger partial charge is 0.321 e. The molecule has 1 rings (SSSR count). The molecule has 0 aromatic heterocycles. The minimum Gasteiger partial charge on any atom is -0.481 e. The molecule has 0 atom stereocenters. The fourth-order valence-electron chi connectivity index (χ4n) is 1.74. The Bertz CT molecular complexity index is 463. The SMILES string of the molecule is CCCCNC(=O)N(CCC(=O)O)c1ccccc1N. The first-order valence-corrected chi connectivity index (χ1v) is 6.68. The number of aliphatic carboxylic acids is 1. The molecule has 110 valence electrons. The molecule has 0 aliphatic carbocycles. The van der Waals surface area contributed by atoms with Crippen LogP contribution in [-0.2, 0) is 4.79 Å². The van der Waals surface area contributed by atoms with E-state index >= 15 is 0 Å². The fourth-order valence-corrected chi connectivity index (χ4v) is 1.74. The third-order valence-corrected chi connectivity index (χ3v) is 2.83. The Hall–Kier alpha value is -2.24. The third-order valence-electron chi connectivity index (χ3n) is 2.83. The summed E-state index contributed by atoms with van der Waals surface area (Å²) in [6, 6.07) is 6.60. The van der Waals surface area contributed by atoms with E-state index in [-0.39, 0.29) is 19.0 Å². The molecule has 4 N–H and O–H groups in total. The molecule has 0 spiro atoms. The summed E-state index contributed by atoms with van der Waals surface area (Å²) < 4.78 is 0. The van der Waals surface area contributed by atoms with Crippen LogP contribution < -0.4 is 16.0 Å². The van der Waals surface area contributed by atoms with E-state index in [1.54, 1.807) is 24.3 Å². The number of para-hydroxylation sites is 2. The first-order valence-electron chi connectivity index (χ1n) is 6.68. The van der Waals surface area contributed by atoms with Gasteiger partial charge in [-0.3, -0.25) is 9.69 Å². The van der Waals surface area contributed by atoms with Crippen molar-refractivity contribution in [2.45, 2.75) is 26.2 Å². The second kappa shape index (κ2) is 8.04. The molecule has 0 radical (unpaired) electrons. The minimum absolute atomic E-state index is 0.0848. The van der Waals surface area contributed by atoms with Crippen molar-refractivity contribution in [1.82, 2.24) is 5.32 Å². The number of carboxylic acid groups (broad SMARTS) is 1. The van der Waals surface area contributed by atoms with Gasteiger partial charge in [0.1, 0.15) is 0 Å². The van der Waals surface area contributed by atoms with Gasteiger partial charge in [-0.05, 0) is 18.6 Å². The van der Waals surface area contributed by atoms with Crippen LogP contribution in [0.5, 0.6) is 0 Å². The van der Waals surface area contributed by atoms with Gasteiger partial charge in [-0.25, -0.2) is 4.79 Å². The number of carbonyl (C=O) groups excluding carboxylic acids is 1. The van der Waals surface area contributed by atoms with Crippen molar-refractivity contribution in [3.63, 3.8) is 0 Å². The molecule has 1 aromatic rings. The number of hydrogen-bond donors (Lipinski definition) is 3. The zero-order chi connectivity index (χ0) is 15.0. The summed E-state index contributed by atoms with van der Waals surface area (Å²) in [6.07, 6.45) is 1.72. The number of nitrogens with zero attached hydrogens (tertiary/aromatic N) is 1. The summed E-state index contributed by atoms with van der Waals surface area (Å²) in [7, 11) is 0. The maximum Gasteiger partial charge on any atom is 0.321 e. The molecule has 0 saturated carbocycles. The Morgan fingerprint density at radius 3 is 2.65 bits per heavy atom. The maximum atomic E-state index is 12.1. The lowest BCUT2D eigenvalue weighted by atomic mass is 10.2. The molecule has 0 heterocycles. The average Bonchev–Trinajstić information content (AvgIpc) is 2.41. The fraction of sp³-hybridized carbons (Fsp3) is 0.429. The van der Waals surface area contributed by atoms with Crippen molar-refractivity contribution in [1.29, 1.82) is 0 Å². The van der Waals surface area contributed by atoms with Crippen LogP contribution in [0.15, 0.2) is 24.3 Å². The number of anilines is 2. The van der Waals surface area contributed by atoms with Gasteiger partial charge in [-0.2, -0.15) is 0 Å². The van der Waals surface area contributed by atoms with Crippen LogP contribution >= 0.6 is 0 Å². The van der Waals surface area contributed by atoms with E-state index in [4.69, 9.17) is 10.8 Å². The van der Waals surface area contributed by atoms with E-state index < -0.39 is 5.97 Å². The monoisotopic (exact) mass is 279 g/mol. The van der Waals surface area contributed by atoms with Gasteiger partial charge in [0.2, 0.25) is 0 Å².